The van der Waals surface area contributed by atoms with E-state index in [1.54, 1.807) is 13.0 Å². The van der Waals surface area contributed by atoms with Crippen molar-refractivity contribution in [1.29, 1.82) is 0 Å². The molecule has 7 heteroatoms. The van der Waals surface area contributed by atoms with Crippen molar-refractivity contribution >= 4 is 22.4 Å². The first-order valence-corrected chi connectivity index (χ1v) is 8.36. The Morgan fingerprint density at radius 3 is 2.10 bits per heavy atom. The highest BCUT2D eigenvalue weighted by atomic mass is 32.2. The highest BCUT2D eigenvalue weighted by molar-refractivity contribution is 7.90. The molecule has 0 saturated carbocycles. The Labute approximate surface area is 120 Å². The van der Waals surface area contributed by atoms with Gasteiger partial charge in [0.25, 0.3) is 0 Å². The van der Waals surface area contributed by atoms with Gasteiger partial charge in [-0.3, -0.25) is 0 Å². The molecular formula is C13H20BNO4S. The molecule has 1 fully saturated rings. The Bertz CT molecular complexity index is 624. The fraction of sp³-hybridized carbons (Fsp3) is 0.615. The molecule has 1 saturated heterocycles. The first-order chi connectivity index (χ1) is 8.96. The van der Waals surface area contributed by atoms with Crippen LogP contribution >= 0.6 is 0 Å². The van der Waals surface area contributed by atoms with Crippen LogP contribution in [0.5, 0.6) is 0 Å². The van der Waals surface area contributed by atoms with Crippen LogP contribution in [0.3, 0.4) is 0 Å². The van der Waals surface area contributed by atoms with Crippen molar-refractivity contribution < 1.29 is 17.7 Å². The minimum atomic E-state index is -3.37. The van der Waals surface area contributed by atoms with Gasteiger partial charge in [0.1, 0.15) is 0 Å². The fourth-order valence-corrected chi connectivity index (χ4v) is 3.06. The smallest absolute Gasteiger partial charge is 0.399 e. The summed E-state index contributed by atoms with van der Waals surface area (Å²) < 4.78 is 35.4. The fourth-order valence-electron chi connectivity index (χ4n) is 2.13. The van der Waals surface area contributed by atoms with Gasteiger partial charge in [-0.2, -0.15) is 0 Å². The Balaban J connectivity index is 2.47. The van der Waals surface area contributed by atoms with Crippen molar-refractivity contribution in [3.63, 3.8) is 0 Å². The predicted molar refractivity (Wildman–Crippen MR) is 77.8 cm³/mol. The van der Waals surface area contributed by atoms with Crippen LogP contribution in [0.15, 0.2) is 17.3 Å². The second-order valence-electron chi connectivity index (χ2n) is 6.19. The molecule has 0 aliphatic carbocycles. The summed E-state index contributed by atoms with van der Waals surface area (Å²) in [5.74, 6) is 0. The van der Waals surface area contributed by atoms with Gasteiger partial charge < -0.3 is 9.31 Å². The van der Waals surface area contributed by atoms with Crippen LogP contribution < -0.4 is 5.46 Å². The molecule has 0 amide bonds. The summed E-state index contributed by atoms with van der Waals surface area (Å²) in [6, 6.07) is 1.74. The van der Waals surface area contributed by atoms with Crippen LogP contribution in [0, 0.1) is 6.92 Å². The summed E-state index contributed by atoms with van der Waals surface area (Å²) in [7, 11) is -3.95. The van der Waals surface area contributed by atoms with Crippen LogP contribution in [-0.2, 0) is 19.1 Å². The van der Waals surface area contributed by atoms with Crippen molar-refractivity contribution in [1.82, 2.24) is 4.98 Å². The van der Waals surface area contributed by atoms with Crippen LogP contribution in [0.2, 0.25) is 0 Å². The molecule has 2 rings (SSSR count). The lowest BCUT2D eigenvalue weighted by Gasteiger charge is -2.32. The van der Waals surface area contributed by atoms with E-state index in [0.717, 1.165) is 6.26 Å². The summed E-state index contributed by atoms with van der Waals surface area (Å²) in [5, 5.41) is 0.0738. The number of pyridine rings is 1. The molecule has 0 atom stereocenters. The second kappa shape index (κ2) is 4.54. The molecular weight excluding hydrogens is 277 g/mol. The zero-order chi connectivity index (χ0) is 15.3. The number of hydrogen-bond donors (Lipinski definition) is 0. The first kappa shape index (κ1) is 15.5. The van der Waals surface area contributed by atoms with E-state index in [1.165, 1.54) is 6.20 Å². The molecule has 20 heavy (non-hydrogen) atoms. The van der Waals surface area contributed by atoms with Gasteiger partial charge in [-0.15, -0.1) is 0 Å². The summed E-state index contributed by atoms with van der Waals surface area (Å²) in [6.07, 6.45) is 2.63. The third kappa shape index (κ3) is 2.50. The zero-order valence-electron chi connectivity index (χ0n) is 12.7. The summed E-state index contributed by atoms with van der Waals surface area (Å²) in [4.78, 5) is 3.96. The normalized spacial score (nSPS) is 21.2. The third-order valence-electron chi connectivity index (χ3n) is 4.06. The maximum Gasteiger partial charge on any atom is 0.495 e. The molecule has 1 aliphatic rings. The summed E-state index contributed by atoms with van der Waals surface area (Å²) in [5.41, 5.74) is 0.365. The van der Waals surface area contributed by atoms with Crippen molar-refractivity contribution in [2.45, 2.75) is 50.8 Å². The zero-order valence-corrected chi connectivity index (χ0v) is 13.5. The minimum Gasteiger partial charge on any atom is -0.399 e. The van der Waals surface area contributed by atoms with E-state index < -0.39 is 28.2 Å². The molecule has 0 spiro atoms. The molecule has 1 aliphatic heterocycles. The second-order valence-corrected chi connectivity index (χ2v) is 8.12. The van der Waals surface area contributed by atoms with E-state index in [9.17, 15) is 8.42 Å². The Kier molecular flexibility index (Phi) is 3.52. The van der Waals surface area contributed by atoms with E-state index in [1.807, 2.05) is 27.7 Å². The van der Waals surface area contributed by atoms with E-state index in [2.05, 4.69) is 4.98 Å². The summed E-state index contributed by atoms with van der Waals surface area (Å²) in [6.45, 7) is 9.56. The lowest BCUT2D eigenvalue weighted by molar-refractivity contribution is 0.00578. The Morgan fingerprint density at radius 1 is 1.15 bits per heavy atom. The van der Waals surface area contributed by atoms with Gasteiger partial charge >= 0.3 is 7.12 Å². The molecule has 5 nitrogen and oxygen atoms in total. The van der Waals surface area contributed by atoms with Crippen molar-refractivity contribution in [2.75, 3.05) is 6.26 Å². The molecule has 1 aromatic rings. The minimum absolute atomic E-state index is 0.0738. The van der Waals surface area contributed by atoms with Crippen LogP contribution in [0.25, 0.3) is 0 Å². The van der Waals surface area contributed by atoms with Crippen molar-refractivity contribution in [3.05, 3.63) is 17.8 Å². The van der Waals surface area contributed by atoms with E-state index in [-0.39, 0.29) is 5.03 Å². The average Bonchev–Trinajstić information content (AvgIpc) is 2.46. The first-order valence-electron chi connectivity index (χ1n) is 6.47. The highest BCUT2D eigenvalue weighted by Gasteiger charge is 2.52. The quantitative estimate of drug-likeness (QED) is 0.765. The number of rotatable bonds is 2. The number of nitrogens with zero attached hydrogens (tertiary/aromatic N) is 1. The Hall–Kier alpha value is -0.915. The van der Waals surface area contributed by atoms with E-state index in [4.69, 9.17) is 9.31 Å². The largest absolute Gasteiger partial charge is 0.495 e. The molecule has 2 heterocycles. The highest BCUT2D eigenvalue weighted by Crippen LogP contribution is 2.36. The molecule has 0 N–H and O–H groups in total. The van der Waals surface area contributed by atoms with Crippen molar-refractivity contribution in [2.24, 2.45) is 0 Å². The van der Waals surface area contributed by atoms with Gasteiger partial charge in [0, 0.05) is 12.5 Å². The lowest BCUT2D eigenvalue weighted by atomic mass is 9.77. The third-order valence-corrected chi connectivity index (χ3v) is 5.17. The standard InChI is InChI=1S/C13H20BNO4S/c1-9-10(7-8-15-11(9)20(6,16)17)14-18-12(2,3)13(4,5)19-14/h7-8H,1-6H3. The monoisotopic (exact) mass is 297 g/mol. The molecule has 0 unspecified atom stereocenters. The number of hydrogen-bond acceptors (Lipinski definition) is 5. The van der Waals surface area contributed by atoms with E-state index >= 15 is 0 Å². The SMILES string of the molecule is Cc1c(B2OC(C)(C)C(C)(C)O2)ccnc1S(C)(=O)=O. The molecule has 1 aromatic heterocycles. The number of sulfone groups is 1. The van der Waals surface area contributed by atoms with Crippen LogP contribution in [-0.4, -0.2) is 38.0 Å². The average molecular weight is 297 g/mol. The lowest BCUT2D eigenvalue weighted by Crippen LogP contribution is -2.41. The van der Waals surface area contributed by atoms with Crippen molar-refractivity contribution in [3.8, 4) is 0 Å². The Morgan fingerprint density at radius 2 is 1.65 bits per heavy atom. The molecule has 0 radical (unpaired) electrons. The molecule has 0 aromatic carbocycles. The maximum absolute atomic E-state index is 11.7. The van der Waals surface area contributed by atoms with Gasteiger partial charge in [0.15, 0.2) is 14.9 Å². The topological polar surface area (TPSA) is 65.5 Å². The van der Waals surface area contributed by atoms with Gasteiger partial charge in [0.2, 0.25) is 0 Å². The predicted octanol–water partition coefficient (Wildman–Crippen LogP) is 1.09. The maximum atomic E-state index is 11.7. The molecule has 0 bridgehead atoms. The van der Waals surface area contributed by atoms with E-state index in [0.29, 0.717) is 11.0 Å². The molecule has 110 valence electrons. The van der Waals surface area contributed by atoms with Crippen LogP contribution in [0.4, 0.5) is 0 Å². The van der Waals surface area contributed by atoms with Crippen LogP contribution in [0.1, 0.15) is 33.3 Å². The summed E-state index contributed by atoms with van der Waals surface area (Å²) >= 11 is 0. The van der Waals surface area contributed by atoms with Gasteiger partial charge in [0.05, 0.1) is 11.2 Å². The van der Waals surface area contributed by atoms with Gasteiger partial charge in [-0.1, -0.05) is 0 Å². The number of aromatic nitrogens is 1. The van der Waals surface area contributed by atoms with Gasteiger partial charge in [-0.05, 0) is 51.7 Å². The van der Waals surface area contributed by atoms with Gasteiger partial charge in [-0.25, -0.2) is 13.4 Å².